The quantitative estimate of drug-likeness (QED) is 0.476. The lowest BCUT2D eigenvalue weighted by Gasteiger charge is -2.13. The van der Waals surface area contributed by atoms with Crippen molar-refractivity contribution >= 4 is 11.8 Å². The van der Waals surface area contributed by atoms with E-state index in [2.05, 4.69) is 39.9 Å². The molecule has 0 fully saturated rings. The molecule has 0 N–H and O–H groups in total. The predicted octanol–water partition coefficient (Wildman–Crippen LogP) is 4.67. The first kappa shape index (κ1) is 19.5. The monoisotopic (exact) mass is 383 g/mol. The average Bonchev–Trinajstić information content (AvgIpc) is 3.11. The van der Waals surface area contributed by atoms with Crippen molar-refractivity contribution in [2.75, 3.05) is 19.5 Å². The molecule has 0 atom stereocenters. The van der Waals surface area contributed by atoms with E-state index in [0.717, 1.165) is 40.0 Å². The fourth-order valence-electron chi connectivity index (χ4n) is 2.72. The lowest BCUT2D eigenvalue weighted by molar-refractivity contribution is 0.181. The van der Waals surface area contributed by atoms with Crippen LogP contribution in [-0.4, -0.2) is 34.2 Å². The van der Waals surface area contributed by atoms with Gasteiger partial charge in [0, 0.05) is 25.0 Å². The number of methoxy groups -OCH3 is 1. The summed E-state index contributed by atoms with van der Waals surface area (Å²) in [4.78, 5) is 0. The van der Waals surface area contributed by atoms with Crippen LogP contribution in [0.25, 0.3) is 11.1 Å². The van der Waals surface area contributed by atoms with Crippen molar-refractivity contribution in [1.29, 1.82) is 0 Å². The minimum atomic E-state index is 0.368. The maximum atomic E-state index is 6.14. The molecule has 142 valence electrons. The van der Waals surface area contributed by atoms with Gasteiger partial charge in [0.05, 0.1) is 6.61 Å². The summed E-state index contributed by atoms with van der Waals surface area (Å²) >= 11 is 1.72. The zero-order valence-corrected chi connectivity index (χ0v) is 16.6. The molecule has 0 unspecified atom stereocenters. The van der Waals surface area contributed by atoms with Crippen LogP contribution >= 0.6 is 11.8 Å². The predicted molar refractivity (Wildman–Crippen MR) is 109 cm³/mol. The third-order valence-electron chi connectivity index (χ3n) is 4.08. The number of rotatable bonds is 10. The molecular weight excluding hydrogens is 358 g/mol. The summed E-state index contributed by atoms with van der Waals surface area (Å²) in [5.74, 6) is 2.67. The molecule has 0 saturated heterocycles. The molecule has 0 aliphatic rings. The van der Waals surface area contributed by atoms with Gasteiger partial charge in [0.1, 0.15) is 12.4 Å². The number of para-hydroxylation sites is 1. The third-order valence-corrected chi connectivity index (χ3v) is 5.25. The third kappa shape index (κ3) is 5.11. The minimum absolute atomic E-state index is 0.368. The van der Waals surface area contributed by atoms with Crippen LogP contribution in [0.3, 0.4) is 0 Å². The number of thioether (sulfide) groups is 1. The smallest absolute Gasteiger partial charge is 0.191 e. The van der Waals surface area contributed by atoms with Crippen LogP contribution < -0.4 is 4.74 Å². The van der Waals surface area contributed by atoms with Crippen LogP contribution in [-0.2, 0) is 17.9 Å². The van der Waals surface area contributed by atoms with Crippen molar-refractivity contribution in [1.82, 2.24) is 14.8 Å². The number of ether oxygens (including phenoxy) is 2. The first-order chi connectivity index (χ1) is 13.3. The standard InChI is InChI=1S/C21H25N3O2S/c1-3-15-27-21-23-22-20(24(21)13-14-25-2)16-26-19-12-8-7-11-18(19)17-9-5-4-6-10-17/h4-12H,3,13-16H2,1-2H3. The molecular formula is C21H25N3O2S. The maximum absolute atomic E-state index is 6.14. The molecule has 1 aromatic heterocycles. The summed E-state index contributed by atoms with van der Waals surface area (Å²) in [6.07, 6.45) is 1.10. The van der Waals surface area contributed by atoms with E-state index in [1.807, 2.05) is 36.4 Å². The van der Waals surface area contributed by atoms with Gasteiger partial charge in [-0.2, -0.15) is 0 Å². The van der Waals surface area contributed by atoms with Gasteiger partial charge < -0.3 is 14.0 Å². The zero-order valence-electron chi connectivity index (χ0n) is 15.8. The van der Waals surface area contributed by atoms with E-state index >= 15 is 0 Å². The van der Waals surface area contributed by atoms with Gasteiger partial charge in [-0.25, -0.2) is 0 Å². The van der Waals surface area contributed by atoms with E-state index in [0.29, 0.717) is 19.8 Å². The molecule has 0 aliphatic carbocycles. The van der Waals surface area contributed by atoms with Gasteiger partial charge in [0.2, 0.25) is 0 Å². The lowest BCUT2D eigenvalue weighted by Crippen LogP contribution is -2.12. The first-order valence-corrected chi connectivity index (χ1v) is 10.1. The van der Waals surface area contributed by atoms with Crippen molar-refractivity contribution in [2.24, 2.45) is 0 Å². The Morgan fingerprint density at radius 1 is 1.00 bits per heavy atom. The molecule has 0 spiro atoms. The molecule has 6 heteroatoms. The Hall–Kier alpha value is -2.31. The van der Waals surface area contributed by atoms with E-state index in [1.165, 1.54) is 0 Å². The largest absolute Gasteiger partial charge is 0.485 e. The summed E-state index contributed by atoms with van der Waals surface area (Å²) in [7, 11) is 1.70. The molecule has 3 rings (SSSR count). The molecule has 27 heavy (non-hydrogen) atoms. The van der Waals surface area contributed by atoms with Gasteiger partial charge in [-0.15, -0.1) is 10.2 Å². The number of aromatic nitrogens is 3. The molecule has 0 bridgehead atoms. The van der Waals surface area contributed by atoms with E-state index in [9.17, 15) is 0 Å². The molecule has 0 radical (unpaired) electrons. The Morgan fingerprint density at radius 2 is 1.78 bits per heavy atom. The van der Waals surface area contributed by atoms with E-state index < -0.39 is 0 Å². The van der Waals surface area contributed by atoms with E-state index in [4.69, 9.17) is 9.47 Å². The average molecular weight is 384 g/mol. The summed E-state index contributed by atoms with van der Waals surface area (Å²) in [6, 6.07) is 18.3. The normalized spacial score (nSPS) is 10.9. The highest BCUT2D eigenvalue weighted by atomic mass is 32.2. The number of hydrogen-bond acceptors (Lipinski definition) is 5. The lowest BCUT2D eigenvalue weighted by atomic mass is 10.1. The van der Waals surface area contributed by atoms with E-state index in [1.54, 1.807) is 18.9 Å². The highest BCUT2D eigenvalue weighted by molar-refractivity contribution is 7.99. The SMILES string of the molecule is CCCSc1nnc(COc2ccccc2-c2ccccc2)n1CCOC. The second-order valence-electron chi connectivity index (χ2n) is 6.04. The molecule has 3 aromatic rings. The Kier molecular flexibility index (Phi) is 7.30. The first-order valence-electron chi connectivity index (χ1n) is 9.14. The van der Waals surface area contributed by atoms with Crippen LogP contribution in [0.15, 0.2) is 59.8 Å². The summed E-state index contributed by atoms with van der Waals surface area (Å²) in [5.41, 5.74) is 2.20. The van der Waals surface area contributed by atoms with Gasteiger partial charge in [-0.1, -0.05) is 67.2 Å². The van der Waals surface area contributed by atoms with E-state index in [-0.39, 0.29) is 0 Å². The maximum Gasteiger partial charge on any atom is 0.191 e. The molecule has 0 saturated carbocycles. The van der Waals surface area contributed by atoms with Gasteiger partial charge in [-0.05, 0) is 18.1 Å². The highest BCUT2D eigenvalue weighted by Crippen LogP contribution is 2.30. The number of hydrogen-bond donors (Lipinski definition) is 0. The van der Waals surface area contributed by atoms with Crippen molar-refractivity contribution in [3.8, 4) is 16.9 Å². The highest BCUT2D eigenvalue weighted by Gasteiger charge is 2.14. The number of nitrogens with zero attached hydrogens (tertiary/aromatic N) is 3. The topological polar surface area (TPSA) is 49.2 Å². The van der Waals surface area contributed by atoms with Crippen LogP contribution in [0.5, 0.6) is 5.75 Å². The van der Waals surface area contributed by atoms with Gasteiger partial charge in [0.15, 0.2) is 11.0 Å². The Balaban J connectivity index is 1.78. The molecule has 0 amide bonds. The van der Waals surface area contributed by atoms with Crippen LogP contribution in [0.4, 0.5) is 0 Å². The molecule has 0 aliphatic heterocycles. The molecule has 2 aromatic carbocycles. The van der Waals surface area contributed by atoms with Crippen LogP contribution in [0.2, 0.25) is 0 Å². The number of benzene rings is 2. The fourth-order valence-corrected chi connectivity index (χ4v) is 3.56. The fraction of sp³-hybridized carbons (Fsp3) is 0.333. The summed E-state index contributed by atoms with van der Waals surface area (Å²) < 4.78 is 13.5. The Bertz CT molecular complexity index is 836. The van der Waals surface area contributed by atoms with Gasteiger partial charge in [-0.3, -0.25) is 0 Å². The van der Waals surface area contributed by atoms with Crippen LogP contribution in [0.1, 0.15) is 19.2 Å². The van der Waals surface area contributed by atoms with Crippen molar-refractivity contribution in [3.63, 3.8) is 0 Å². The Morgan fingerprint density at radius 3 is 2.56 bits per heavy atom. The van der Waals surface area contributed by atoms with Crippen LogP contribution in [0, 0.1) is 0 Å². The van der Waals surface area contributed by atoms with Crippen molar-refractivity contribution < 1.29 is 9.47 Å². The van der Waals surface area contributed by atoms with Gasteiger partial charge in [0.25, 0.3) is 0 Å². The second-order valence-corrected chi connectivity index (χ2v) is 7.10. The summed E-state index contributed by atoms with van der Waals surface area (Å²) in [5, 5.41) is 9.61. The van der Waals surface area contributed by atoms with Crippen molar-refractivity contribution in [2.45, 2.75) is 31.7 Å². The van der Waals surface area contributed by atoms with Crippen molar-refractivity contribution in [3.05, 3.63) is 60.4 Å². The Labute approximate surface area is 164 Å². The molecule has 5 nitrogen and oxygen atoms in total. The zero-order chi connectivity index (χ0) is 18.9. The minimum Gasteiger partial charge on any atom is -0.485 e. The second kappa shape index (κ2) is 10.1. The summed E-state index contributed by atoms with van der Waals surface area (Å²) in [6.45, 7) is 3.86. The van der Waals surface area contributed by atoms with Gasteiger partial charge >= 0.3 is 0 Å². The molecule has 1 heterocycles.